The lowest BCUT2D eigenvalue weighted by Gasteiger charge is -2.10. The van der Waals surface area contributed by atoms with Crippen molar-refractivity contribution in [3.63, 3.8) is 0 Å². The van der Waals surface area contributed by atoms with Crippen molar-refractivity contribution in [3.05, 3.63) is 52.8 Å². The topological polar surface area (TPSA) is 34.9 Å². The number of carbonyl (C=O) groups is 1. The molecule has 0 radical (unpaired) electrons. The number of benzene rings is 1. The number of carbonyl (C=O) groups excluding carboxylic acids is 1. The van der Waals surface area contributed by atoms with Gasteiger partial charge in [0.15, 0.2) is 0 Å². The van der Waals surface area contributed by atoms with Crippen LogP contribution in [0.3, 0.4) is 0 Å². The van der Waals surface area contributed by atoms with Gasteiger partial charge in [-0.05, 0) is 48.5 Å². The van der Waals surface area contributed by atoms with Crippen LogP contribution >= 0.6 is 0 Å². The molecule has 0 aliphatic heterocycles. The van der Waals surface area contributed by atoms with E-state index < -0.39 is 0 Å². The second-order valence-electron chi connectivity index (χ2n) is 8.16. The van der Waals surface area contributed by atoms with Crippen molar-refractivity contribution in [2.45, 2.75) is 45.4 Å². The summed E-state index contributed by atoms with van der Waals surface area (Å²) in [5.41, 5.74) is 5.35. The van der Waals surface area contributed by atoms with Crippen molar-refractivity contribution in [1.82, 2.24) is 9.78 Å². The predicted octanol–water partition coefficient (Wildman–Crippen LogP) is 3.93. The highest BCUT2D eigenvalue weighted by molar-refractivity contribution is 5.85. The molecule has 2 aromatic rings. The second-order valence-corrected chi connectivity index (χ2v) is 8.16. The van der Waals surface area contributed by atoms with E-state index in [1.807, 2.05) is 6.07 Å². The van der Waals surface area contributed by atoms with Gasteiger partial charge in [0.25, 0.3) is 5.91 Å². The molecule has 3 aliphatic carbocycles. The molecule has 2 saturated carbocycles. The summed E-state index contributed by atoms with van der Waals surface area (Å²) in [4.78, 5) is 12.9. The number of hydrogen-bond acceptors (Lipinski definition) is 2. The minimum Gasteiger partial charge on any atom is -0.272 e. The van der Waals surface area contributed by atoms with Crippen molar-refractivity contribution in [1.29, 1.82) is 0 Å². The molecule has 0 bridgehead atoms. The zero-order valence-corrected chi connectivity index (χ0v) is 13.9. The average molecular weight is 306 g/mol. The Morgan fingerprint density at radius 1 is 1.26 bits per heavy atom. The molecule has 118 valence electrons. The number of fused-ring (bicyclic) bond motifs is 3. The van der Waals surface area contributed by atoms with E-state index in [1.165, 1.54) is 16.8 Å². The summed E-state index contributed by atoms with van der Waals surface area (Å²) in [7, 11) is 0. The molecule has 5 rings (SSSR count). The summed E-state index contributed by atoms with van der Waals surface area (Å²) in [6, 6.07) is 10.4. The fraction of sp³-hybridized carbons (Fsp3) is 0.500. The van der Waals surface area contributed by atoms with Crippen LogP contribution in [0.25, 0.3) is 0 Å². The summed E-state index contributed by atoms with van der Waals surface area (Å²) < 4.78 is 1.76. The minimum absolute atomic E-state index is 0.116. The number of aromatic nitrogens is 2. The van der Waals surface area contributed by atoms with Gasteiger partial charge in [-0.25, -0.2) is 4.68 Å². The van der Waals surface area contributed by atoms with Crippen molar-refractivity contribution in [2.75, 3.05) is 0 Å². The number of rotatable bonds is 2. The molecule has 1 heterocycles. The smallest absolute Gasteiger partial charge is 0.250 e. The molecule has 0 unspecified atom stereocenters. The van der Waals surface area contributed by atoms with E-state index in [9.17, 15) is 4.79 Å². The first-order valence-corrected chi connectivity index (χ1v) is 8.67. The van der Waals surface area contributed by atoms with E-state index in [0.29, 0.717) is 17.3 Å². The van der Waals surface area contributed by atoms with E-state index in [2.05, 4.69) is 50.1 Å². The van der Waals surface area contributed by atoms with E-state index >= 15 is 0 Å². The molecule has 1 aromatic heterocycles. The first kappa shape index (κ1) is 13.5. The summed E-state index contributed by atoms with van der Waals surface area (Å²) in [6.45, 7) is 6.76. The Bertz CT molecular complexity index is 818. The minimum atomic E-state index is 0.116. The summed E-state index contributed by atoms with van der Waals surface area (Å²) >= 11 is 0. The van der Waals surface area contributed by atoms with Gasteiger partial charge in [-0.3, -0.25) is 4.79 Å². The molecule has 0 amide bonds. The molecule has 4 atom stereocenters. The third-order valence-electron chi connectivity index (χ3n) is 6.53. The van der Waals surface area contributed by atoms with Gasteiger partial charge in [-0.1, -0.05) is 44.2 Å². The molecule has 0 N–H and O–H groups in total. The Labute approximate surface area is 136 Å². The second kappa shape index (κ2) is 4.14. The Hall–Kier alpha value is -1.90. The maximum Gasteiger partial charge on any atom is 0.250 e. The van der Waals surface area contributed by atoms with Gasteiger partial charge in [-0.2, -0.15) is 5.10 Å². The standard InChI is InChI=1S/C20H22N2O/c1-11-17-16(10-15-18(17)20(15,2)3)22(21-11)19(23)14-9-13(14)12-7-5-4-6-8-12/h4-8,13-15,18H,9-10H2,1-3H3/t13-,14-,15+,18+/m0/s1. The molecule has 2 fully saturated rings. The van der Waals surface area contributed by atoms with Crippen LogP contribution in [0.15, 0.2) is 30.3 Å². The van der Waals surface area contributed by atoms with Gasteiger partial charge in [0.2, 0.25) is 0 Å². The number of aryl methyl sites for hydroxylation is 1. The van der Waals surface area contributed by atoms with Crippen LogP contribution in [0.5, 0.6) is 0 Å². The highest BCUT2D eigenvalue weighted by Gasteiger charge is 2.64. The first-order chi connectivity index (χ1) is 11.0. The van der Waals surface area contributed by atoms with Gasteiger partial charge in [0.05, 0.1) is 11.4 Å². The molecule has 3 aliphatic rings. The van der Waals surface area contributed by atoms with Gasteiger partial charge in [0.1, 0.15) is 0 Å². The van der Waals surface area contributed by atoms with E-state index in [1.54, 1.807) is 4.68 Å². The molecule has 3 nitrogen and oxygen atoms in total. The monoisotopic (exact) mass is 306 g/mol. The fourth-order valence-electron chi connectivity index (χ4n) is 4.97. The van der Waals surface area contributed by atoms with Gasteiger partial charge >= 0.3 is 0 Å². The van der Waals surface area contributed by atoms with Crippen molar-refractivity contribution in [2.24, 2.45) is 17.3 Å². The van der Waals surface area contributed by atoms with Crippen LogP contribution < -0.4 is 0 Å². The van der Waals surface area contributed by atoms with E-state index in [-0.39, 0.29) is 11.8 Å². The first-order valence-electron chi connectivity index (χ1n) is 8.67. The highest BCUT2D eigenvalue weighted by atomic mass is 16.2. The molecule has 0 spiro atoms. The van der Waals surface area contributed by atoms with Crippen LogP contribution in [0, 0.1) is 24.2 Å². The quantitative estimate of drug-likeness (QED) is 0.842. The molecule has 23 heavy (non-hydrogen) atoms. The Morgan fingerprint density at radius 2 is 2.00 bits per heavy atom. The maximum absolute atomic E-state index is 12.9. The molecule has 0 saturated heterocycles. The summed E-state index contributed by atoms with van der Waals surface area (Å²) in [5, 5.41) is 4.63. The molecular formula is C20H22N2O. The van der Waals surface area contributed by atoms with Crippen LogP contribution in [0.1, 0.15) is 59.4 Å². The highest BCUT2D eigenvalue weighted by Crippen LogP contribution is 2.70. The maximum atomic E-state index is 12.9. The zero-order chi connectivity index (χ0) is 15.9. The summed E-state index contributed by atoms with van der Waals surface area (Å²) in [6.07, 6.45) is 2.00. The normalized spacial score (nSPS) is 32.3. The largest absolute Gasteiger partial charge is 0.272 e. The SMILES string of the molecule is Cc1nn(C(=O)[C@H]2C[C@H]2c2ccccc2)c2c1[C@H]1[C@@H](C2)C1(C)C. The average Bonchev–Trinajstić information content (AvgIpc) is 3.31. The molecule has 3 heteroatoms. The van der Waals surface area contributed by atoms with Crippen LogP contribution in [0.2, 0.25) is 0 Å². The van der Waals surface area contributed by atoms with Crippen LogP contribution in [-0.4, -0.2) is 15.7 Å². The van der Waals surface area contributed by atoms with E-state index in [0.717, 1.165) is 24.5 Å². The van der Waals surface area contributed by atoms with Crippen molar-refractivity contribution < 1.29 is 4.79 Å². The Balaban J connectivity index is 1.44. The van der Waals surface area contributed by atoms with Crippen molar-refractivity contribution in [3.8, 4) is 0 Å². The van der Waals surface area contributed by atoms with Crippen LogP contribution in [0.4, 0.5) is 0 Å². The van der Waals surface area contributed by atoms with Gasteiger partial charge < -0.3 is 0 Å². The number of hydrogen-bond donors (Lipinski definition) is 0. The summed E-state index contributed by atoms with van der Waals surface area (Å²) in [5.74, 6) is 2.06. The van der Waals surface area contributed by atoms with E-state index in [4.69, 9.17) is 0 Å². The lowest BCUT2D eigenvalue weighted by Crippen LogP contribution is -2.19. The predicted molar refractivity (Wildman–Crippen MR) is 88.6 cm³/mol. The zero-order valence-electron chi connectivity index (χ0n) is 13.9. The van der Waals surface area contributed by atoms with Gasteiger partial charge in [-0.15, -0.1) is 0 Å². The van der Waals surface area contributed by atoms with Crippen molar-refractivity contribution >= 4 is 5.91 Å². The Morgan fingerprint density at radius 3 is 2.74 bits per heavy atom. The van der Waals surface area contributed by atoms with Gasteiger partial charge in [0, 0.05) is 11.5 Å². The van der Waals surface area contributed by atoms with Crippen LogP contribution in [-0.2, 0) is 6.42 Å². The molecule has 1 aromatic carbocycles. The Kier molecular flexibility index (Phi) is 2.43. The lowest BCUT2D eigenvalue weighted by atomic mass is 9.98. The molecular weight excluding hydrogens is 284 g/mol. The number of nitrogens with zero attached hydrogens (tertiary/aromatic N) is 2. The fourth-order valence-corrected chi connectivity index (χ4v) is 4.97. The third-order valence-corrected chi connectivity index (χ3v) is 6.53. The third kappa shape index (κ3) is 1.71. The lowest BCUT2D eigenvalue weighted by molar-refractivity contribution is 0.0862.